The molecule has 1 heterocycles. The van der Waals surface area contributed by atoms with E-state index in [4.69, 9.17) is 0 Å². The van der Waals surface area contributed by atoms with Gasteiger partial charge in [0.05, 0.1) is 11.8 Å². The molecule has 1 atom stereocenters. The Bertz CT molecular complexity index is 440. The van der Waals surface area contributed by atoms with Crippen LogP contribution >= 0.6 is 11.3 Å². The quantitative estimate of drug-likeness (QED) is 0.826. The van der Waals surface area contributed by atoms with Gasteiger partial charge in [-0.25, -0.2) is 13.4 Å². The minimum Gasteiger partial charge on any atom is -0.307 e. The van der Waals surface area contributed by atoms with Crippen molar-refractivity contribution in [2.45, 2.75) is 33.2 Å². The molecule has 17 heavy (non-hydrogen) atoms. The number of sulfone groups is 1. The van der Waals surface area contributed by atoms with E-state index in [9.17, 15) is 8.42 Å². The number of hydrogen-bond donors (Lipinski definition) is 1. The SMILES string of the molecule is CCCS(=O)(=O)CCNC(C)c1nc(C)cs1. The van der Waals surface area contributed by atoms with Crippen molar-refractivity contribution in [2.24, 2.45) is 0 Å². The van der Waals surface area contributed by atoms with Crippen molar-refractivity contribution in [3.8, 4) is 0 Å². The first kappa shape index (κ1) is 14.6. The van der Waals surface area contributed by atoms with Gasteiger partial charge in [0.2, 0.25) is 0 Å². The molecule has 1 aromatic rings. The van der Waals surface area contributed by atoms with Gasteiger partial charge >= 0.3 is 0 Å². The number of nitrogens with zero attached hydrogens (tertiary/aromatic N) is 1. The molecule has 0 spiro atoms. The Hall–Kier alpha value is -0.460. The zero-order valence-corrected chi connectivity index (χ0v) is 12.2. The Labute approximate surface area is 107 Å². The number of thiazole rings is 1. The first-order chi connectivity index (χ1) is 7.94. The van der Waals surface area contributed by atoms with Gasteiger partial charge in [-0.1, -0.05) is 6.92 Å². The summed E-state index contributed by atoms with van der Waals surface area (Å²) >= 11 is 1.60. The molecule has 1 rings (SSSR count). The maximum Gasteiger partial charge on any atom is 0.151 e. The molecule has 0 saturated carbocycles. The number of nitrogens with one attached hydrogen (secondary N) is 1. The summed E-state index contributed by atoms with van der Waals surface area (Å²) in [5, 5.41) is 6.21. The largest absolute Gasteiger partial charge is 0.307 e. The highest BCUT2D eigenvalue weighted by atomic mass is 32.2. The van der Waals surface area contributed by atoms with E-state index in [0.717, 1.165) is 10.7 Å². The lowest BCUT2D eigenvalue weighted by Gasteiger charge is -2.10. The fourth-order valence-electron chi connectivity index (χ4n) is 1.50. The van der Waals surface area contributed by atoms with E-state index in [0.29, 0.717) is 13.0 Å². The molecule has 4 nitrogen and oxygen atoms in total. The molecule has 1 N–H and O–H groups in total. The number of rotatable bonds is 7. The van der Waals surface area contributed by atoms with Gasteiger partial charge in [-0.3, -0.25) is 0 Å². The van der Waals surface area contributed by atoms with Gasteiger partial charge in [0, 0.05) is 23.4 Å². The topological polar surface area (TPSA) is 59.1 Å². The fourth-order valence-corrected chi connectivity index (χ4v) is 3.59. The van der Waals surface area contributed by atoms with Crippen LogP contribution in [0.15, 0.2) is 5.38 Å². The van der Waals surface area contributed by atoms with Crippen LogP contribution in [0.1, 0.15) is 37.0 Å². The van der Waals surface area contributed by atoms with E-state index in [1.165, 1.54) is 0 Å². The average molecular weight is 276 g/mol. The summed E-state index contributed by atoms with van der Waals surface area (Å²) in [7, 11) is -2.88. The van der Waals surface area contributed by atoms with Crippen molar-refractivity contribution >= 4 is 21.2 Å². The molecule has 6 heteroatoms. The van der Waals surface area contributed by atoms with Crippen molar-refractivity contribution < 1.29 is 8.42 Å². The highest BCUT2D eigenvalue weighted by molar-refractivity contribution is 7.91. The summed E-state index contributed by atoms with van der Waals surface area (Å²) in [5.74, 6) is 0.481. The molecule has 0 aliphatic rings. The minimum atomic E-state index is -2.88. The van der Waals surface area contributed by atoms with Gasteiger partial charge in [-0.05, 0) is 20.3 Å². The third-order valence-electron chi connectivity index (χ3n) is 2.39. The Morgan fingerprint density at radius 1 is 1.47 bits per heavy atom. The first-order valence-corrected chi connectivity index (χ1v) is 8.50. The molecule has 0 aliphatic carbocycles. The van der Waals surface area contributed by atoms with Crippen LogP contribution in [-0.2, 0) is 9.84 Å². The zero-order valence-electron chi connectivity index (χ0n) is 10.6. The molecular weight excluding hydrogens is 256 g/mol. The van der Waals surface area contributed by atoms with E-state index >= 15 is 0 Å². The standard InChI is InChI=1S/C11H20N2O2S2/c1-4-6-17(14,15)7-5-12-10(3)11-13-9(2)8-16-11/h8,10,12H,4-7H2,1-3H3. The van der Waals surface area contributed by atoms with Crippen LogP contribution in [0.2, 0.25) is 0 Å². The summed E-state index contributed by atoms with van der Waals surface area (Å²) in [4.78, 5) is 4.37. The lowest BCUT2D eigenvalue weighted by molar-refractivity contribution is 0.569. The van der Waals surface area contributed by atoms with Crippen LogP contribution < -0.4 is 5.32 Å². The van der Waals surface area contributed by atoms with E-state index in [1.807, 2.05) is 26.2 Å². The minimum absolute atomic E-state index is 0.116. The maximum atomic E-state index is 11.5. The number of aromatic nitrogens is 1. The molecule has 1 unspecified atom stereocenters. The Morgan fingerprint density at radius 2 is 2.18 bits per heavy atom. The highest BCUT2D eigenvalue weighted by Gasteiger charge is 2.12. The highest BCUT2D eigenvalue weighted by Crippen LogP contribution is 2.16. The van der Waals surface area contributed by atoms with Crippen LogP contribution in [0.5, 0.6) is 0 Å². The van der Waals surface area contributed by atoms with Gasteiger partial charge < -0.3 is 5.32 Å². The normalized spacial score (nSPS) is 13.8. The lowest BCUT2D eigenvalue weighted by Crippen LogP contribution is -2.26. The second kappa shape index (κ2) is 6.47. The molecule has 0 saturated heterocycles. The molecule has 0 aliphatic heterocycles. The van der Waals surface area contributed by atoms with E-state index in [-0.39, 0.29) is 17.5 Å². The second-order valence-electron chi connectivity index (χ2n) is 4.15. The number of hydrogen-bond acceptors (Lipinski definition) is 5. The third kappa shape index (κ3) is 5.14. The summed E-state index contributed by atoms with van der Waals surface area (Å²) < 4.78 is 23.0. The van der Waals surface area contributed by atoms with Gasteiger partial charge in [0.15, 0.2) is 9.84 Å². The molecular formula is C11H20N2O2S2. The maximum absolute atomic E-state index is 11.5. The third-order valence-corrected chi connectivity index (χ3v) is 5.39. The smallest absolute Gasteiger partial charge is 0.151 e. The van der Waals surface area contributed by atoms with Gasteiger partial charge in [0.25, 0.3) is 0 Å². The average Bonchev–Trinajstić information content (AvgIpc) is 2.64. The Morgan fingerprint density at radius 3 is 2.71 bits per heavy atom. The molecule has 0 amide bonds. The lowest BCUT2D eigenvalue weighted by atomic mass is 10.3. The van der Waals surface area contributed by atoms with Crippen LogP contribution in [0.3, 0.4) is 0 Å². The van der Waals surface area contributed by atoms with Crippen molar-refractivity contribution in [1.82, 2.24) is 10.3 Å². The number of aryl methyl sites for hydroxylation is 1. The van der Waals surface area contributed by atoms with Crippen molar-refractivity contribution in [1.29, 1.82) is 0 Å². The molecule has 98 valence electrons. The molecule has 1 aromatic heterocycles. The molecule has 0 fully saturated rings. The van der Waals surface area contributed by atoms with Crippen molar-refractivity contribution in [3.63, 3.8) is 0 Å². The van der Waals surface area contributed by atoms with Gasteiger partial charge in [-0.15, -0.1) is 11.3 Å². The van der Waals surface area contributed by atoms with Gasteiger partial charge in [-0.2, -0.15) is 0 Å². The molecule has 0 radical (unpaired) electrons. The predicted octanol–water partition coefficient (Wildman–Crippen LogP) is 1.93. The van der Waals surface area contributed by atoms with Crippen LogP contribution in [0.25, 0.3) is 0 Å². The molecule has 0 aromatic carbocycles. The van der Waals surface area contributed by atoms with Crippen molar-refractivity contribution in [2.75, 3.05) is 18.1 Å². The second-order valence-corrected chi connectivity index (χ2v) is 7.35. The molecule has 0 bridgehead atoms. The zero-order chi connectivity index (χ0) is 12.9. The first-order valence-electron chi connectivity index (χ1n) is 5.80. The predicted molar refractivity (Wildman–Crippen MR) is 72.2 cm³/mol. The van der Waals surface area contributed by atoms with Gasteiger partial charge in [0.1, 0.15) is 5.01 Å². The summed E-state index contributed by atoms with van der Waals surface area (Å²) in [6.07, 6.45) is 0.684. The fraction of sp³-hybridized carbons (Fsp3) is 0.727. The van der Waals surface area contributed by atoms with E-state index in [2.05, 4.69) is 10.3 Å². The van der Waals surface area contributed by atoms with E-state index in [1.54, 1.807) is 11.3 Å². The van der Waals surface area contributed by atoms with Crippen molar-refractivity contribution in [3.05, 3.63) is 16.1 Å². The summed E-state index contributed by atoms with van der Waals surface area (Å²) in [6.45, 7) is 6.33. The van der Waals surface area contributed by atoms with Crippen LogP contribution in [0.4, 0.5) is 0 Å². The van der Waals surface area contributed by atoms with Crippen LogP contribution in [-0.4, -0.2) is 31.5 Å². The summed E-state index contributed by atoms with van der Waals surface area (Å²) in [6, 6.07) is 0.116. The Kier molecular flexibility index (Phi) is 5.55. The van der Waals surface area contributed by atoms with E-state index < -0.39 is 9.84 Å². The monoisotopic (exact) mass is 276 g/mol. The summed E-state index contributed by atoms with van der Waals surface area (Å²) in [5.41, 5.74) is 1.01. The Balaban J connectivity index is 2.37. The van der Waals surface area contributed by atoms with Crippen LogP contribution in [0, 0.1) is 6.92 Å².